The van der Waals surface area contributed by atoms with Crippen LogP contribution in [-0.4, -0.2) is 18.9 Å². The number of anilines is 1. The van der Waals surface area contributed by atoms with E-state index in [1.807, 2.05) is 60.7 Å². The minimum atomic E-state index is -0.0524. The summed E-state index contributed by atoms with van der Waals surface area (Å²) in [5, 5.41) is 5.47. The van der Waals surface area contributed by atoms with Gasteiger partial charge in [-0.1, -0.05) is 72.3 Å². The van der Waals surface area contributed by atoms with E-state index < -0.39 is 0 Å². The first kappa shape index (κ1) is 19.2. The van der Waals surface area contributed by atoms with Crippen molar-refractivity contribution in [3.63, 3.8) is 0 Å². The van der Waals surface area contributed by atoms with Crippen LogP contribution in [0.3, 0.4) is 0 Å². The highest BCUT2D eigenvalue weighted by atomic mass is 16.1. The van der Waals surface area contributed by atoms with Crippen LogP contribution < -0.4 is 10.6 Å². The van der Waals surface area contributed by atoms with Crippen LogP contribution in [0.2, 0.25) is 0 Å². The number of amides is 2. The number of benzene rings is 2. The predicted octanol–water partition coefficient (Wildman–Crippen LogP) is 4.32. The first-order valence-electron chi connectivity index (χ1n) is 8.64. The Morgan fingerprint density at radius 1 is 1.08 bits per heavy atom. The average Bonchev–Trinajstić information content (AvgIpc) is 2.68. The van der Waals surface area contributed by atoms with Crippen LogP contribution in [-0.2, 0) is 9.59 Å². The number of hydrogen-bond acceptors (Lipinski definition) is 2. The minimum absolute atomic E-state index is 0.0524. The zero-order chi connectivity index (χ0) is 18.6. The van der Waals surface area contributed by atoms with Gasteiger partial charge in [0, 0.05) is 24.7 Å². The number of rotatable bonds is 5. The van der Waals surface area contributed by atoms with E-state index in [0.29, 0.717) is 6.54 Å². The Kier molecular flexibility index (Phi) is 7.87. The molecular weight excluding hydrogens is 324 g/mol. The maximum atomic E-state index is 11.1. The van der Waals surface area contributed by atoms with Crippen molar-refractivity contribution in [2.45, 2.75) is 19.8 Å². The third kappa shape index (κ3) is 6.40. The van der Waals surface area contributed by atoms with E-state index in [1.165, 1.54) is 12.5 Å². The monoisotopic (exact) mass is 348 g/mol. The van der Waals surface area contributed by atoms with Crippen LogP contribution in [0.25, 0.3) is 11.1 Å². The Bertz CT molecular complexity index is 780. The smallest absolute Gasteiger partial charge is 0.221 e. The lowest BCUT2D eigenvalue weighted by atomic mass is 10.0. The molecule has 0 bridgehead atoms. The maximum Gasteiger partial charge on any atom is 0.221 e. The van der Waals surface area contributed by atoms with Gasteiger partial charge in [-0.05, 0) is 24.5 Å². The molecule has 0 aromatic heterocycles. The number of carbonyl (C=O) groups excluding carboxylic acids is 2. The van der Waals surface area contributed by atoms with Gasteiger partial charge < -0.3 is 10.6 Å². The Morgan fingerprint density at radius 3 is 2.46 bits per heavy atom. The van der Waals surface area contributed by atoms with Crippen LogP contribution in [0.15, 0.2) is 78.4 Å². The molecule has 2 N–H and O–H groups in total. The number of carbonyl (C=O) groups is 2. The highest BCUT2D eigenvalue weighted by molar-refractivity contribution is 5.94. The average molecular weight is 348 g/mol. The number of hydrogen-bond donors (Lipinski definition) is 2. The molecule has 0 saturated carbocycles. The molecule has 2 aromatic carbocycles. The zero-order valence-electron chi connectivity index (χ0n) is 14.9. The summed E-state index contributed by atoms with van der Waals surface area (Å²) >= 11 is 0. The molecule has 0 unspecified atom stereocenters. The Balaban J connectivity index is 0.000000209. The third-order valence-electron chi connectivity index (χ3n) is 3.84. The Morgan fingerprint density at radius 2 is 1.81 bits per heavy atom. The van der Waals surface area contributed by atoms with Gasteiger partial charge in [-0.3, -0.25) is 9.59 Å². The number of para-hydroxylation sites is 1. The number of nitrogens with one attached hydrogen (secondary N) is 2. The maximum absolute atomic E-state index is 11.1. The van der Waals surface area contributed by atoms with Gasteiger partial charge in [0.1, 0.15) is 0 Å². The molecule has 4 heteroatoms. The van der Waals surface area contributed by atoms with Crippen molar-refractivity contribution in [1.29, 1.82) is 0 Å². The van der Waals surface area contributed by atoms with Gasteiger partial charge in [-0.2, -0.15) is 0 Å². The molecule has 1 aliphatic rings. The van der Waals surface area contributed by atoms with Crippen molar-refractivity contribution in [2.75, 3.05) is 11.9 Å². The summed E-state index contributed by atoms with van der Waals surface area (Å²) in [6, 6.07) is 17.8. The van der Waals surface area contributed by atoms with E-state index in [4.69, 9.17) is 0 Å². The van der Waals surface area contributed by atoms with Crippen molar-refractivity contribution < 1.29 is 9.59 Å². The standard InChI is InChI=1S/C14H13NO.C8H11NO/c1-11(16)15-14-10-6-5-9-13(14)12-7-3-2-4-8-12;10-7-9-6-8-4-2-1-3-5-8/h2-10H,1H3,(H,15,16);1-2,4,7H,3,5-6H2,(H,9,10). The third-order valence-corrected chi connectivity index (χ3v) is 3.84. The minimum Gasteiger partial charge on any atom is -0.355 e. The summed E-state index contributed by atoms with van der Waals surface area (Å²) in [6.45, 7) is 2.22. The van der Waals surface area contributed by atoms with Crippen LogP contribution in [0.5, 0.6) is 0 Å². The van der Waals surface area contributed by atoms with E-state index in [-0.39, 0.29) is 5.91 Å². The van der Waals surface area contributed by atoms with Gasteiger partial charge in [-0.15, -0.1) is 0 Å². The van der Waals surface area contributed by atoms with Crippen LogP contribution >= 0.6 is 0 Å². The molecule has 0 atom stereocenters. The highest BCUT2D eigenvalue weighted by Crippen LogP contribution is 2.27. The fraction of sp³-hybridized carbons (Fsp3) is 0.182. The molecular formula is C22H24N2O2. The molecule has 1 aliphatic carbocycles. The molecule has 3 rings (SSSR count). The molecule has 0 radical (unpaired) electrons. The van der Waals surface area contributed by atoms with Gasteiger partial charge in [-0.25, -0.2) is 0 Å². The second-order valence-electron chi connectivity index (χ2n) is 5.88. The topological polar surface area (TPSA) is 58.2 Å². The first-order chi connectivity index (χ1) is 12.7. The van der Waals surface area contributed by atoms with Crippen LogP contribution in [0.4, 0.5) is 5.69 Å². The van der Waals surface area contributed by atoms with Crippen LogP contribution in [0.1, 0.15) is 19.8 Å². The molecule has 0 heterocycles. The van der Waals surface area contributed by atoms with E-state index >= 15 is 0 Å². The second-order valence-corrected chi connectivity index (χ2v) is 5.88. The zero-order valence-corrected chi connectivity index (χ0v) is 14.9. The van der Waals surface area contributed by atoms with E-state index in [1.54, 1.807) is 0 Å². The SMILES string of the molecule is CC(=O)Nc1ccccc1-c1ccccc1.O=CNCC1=CC=CCC1. The quantitative estimate of drug-likeness (QED) is 0.791. The van der Waals surface area contributed by atoms with Crippen molar-refractivity contribution >= 4 is 18.0 Å². The van der Waals surface area contributed by atoms with E-state index in [9.17, 15) is 9.59 Å². The Hall–Kier alpha value is -3.14. The van der Waals surface area contributed by atoms with Gasteiger partial charge in [0.2, 0.25) is 12.3 Å². The van der Waals surface area contributed by atoms with Gasteiger partial charge >= 0.3 is 0 Å². The molecule has 134 valence electrons. The van der Waals surface area contributed by atoms with E-state index in [2.05, 4.69) is 22.8 Å². The summed E-state index contributed by atoms with van der Waals surface area (Å²) in [4.78, 5) is 21.0. The summed E-state index contributed by atoms with van der Waals surface area (Å²) in [5.41, 5.74) is 4.29. The first-order valence-corrected chi connectivity index (χ1v) is 8.64. The molecule has 0 saturated heterocycles. The van der Waals surface area contributed by atoms with Gasteiger partial charge in [0.15, 0.2) is 0 Å². The van der Waals surface area contributed by atoms with Gasteiger partial charge in [0.25, 0.3) is 0 Å². The lowest BCUT2D eigenvalue weighted by Gasteiger charge is -2.09. The lowest BCUT2D eigenvalue weighted by molar-refractivity contribution is -0.114. The lowest BCUT2D eigenvalue weighted by Crippen LogP contribution is -2.14. The Labute approximate surface area is 154 Å². The number of allylic oxidation sites excluding steroid dienone is 3. The van der Waals surface area contributed by atoms with Crippen molar-refractivity contribution in [1.82, 2.24) is 5.32 Å². The second kappa shape index (κ2) is 10.7. The molecule has 4 nitrogen and oxygen atoms in total. The molecule has 2 aromatic rings. The van der Waals surface area contributed by atoms with Crippen LogP contribution in [0, 0.1) is 0 Å². The molecule has 2 amide bonds. The molecule has 26 heavy (non-hydrogen) atoms. The van der Waals surface area contributed by atoms with E-state index in [0.717, 1.165) is 36.1 Å². The van der Waals surface area contributed by atoms with Gasteiger partial charge in [0.05, 0.1) is 0 Å². The summed E-state index contributed by atoms with van der Waals surface area (Å²) in [6.07, 6.45) is 9.14. The largest absolute Gasteiger partial charge is 0.355 e. The summed E-state index contributed by atoms with van der Waals surface area (Å²) < 4.78 is 0. The predicted molar refractivity (Wildman–Crippen MR) is 107 cm³/mol. The summed E-state index contributed by atoms with van der Waals surface area (Å²) in [7, 11) is 0. The molecule has 0 fully saturated rings. The summed E-state index contributed by atoms with van der Waals surface area (Å²) in [5.74, 6) is -0.0524. The molecule has 0 spiro atoms. The molecule has 0 aliphatic heterocycles. The van der Waals surface area contributed by atoms with Crippen molar-refractivity contribution in [2.24, 2.45) is 0 Å². The van der Waals surface area contributed by atoms with Crippen molar-refractivity contribution in [3.8, 4) is 11.1 Å². The highest BCUT2D eigenvalue weighted by Gasteiger charge is 2.04. The normalized spacial score (nSPS) is 12.3. The fourth-order valence-electron chi connectivity index (χ4n) is 2.62. The van der Waals surface area contributed by atoms with Crippen molar-refractivity contribution in [3.05, 3.63) is 78.4 Å². The fourth-order valence-corrected chi connectivity index (χ4v) is 2.62.